The number of aromatic nitrogens is 2. The summed E-state index contributed by atoms with van der Waals surface area (Å²) in [5.74, 6) is 0.964. The van der Waals surface area contributed by atoms with Gasteiger partial charge in [0.25, 0.3) is 0 Å². The van der Waals surface area contributed by atoms with Gasteiger partial charge in [-0.15, -0.1) is 0 Å². The van der Waals surface area contributed by atoms with Gasteiger partial charge in [0, 0.05) is 45.4 Å². The first kappa shape index (κ1) is 23.2. The van der Waals surface area contributed by atoms with E-state index in [2.05, 4.69) is 51.7 Å². The molecule has 0 aromatic carbocycles. The van der Waals surface area contributed by atoms with Crippen LogP contribution in [0.25, 0.3) is 0 Å². The van der Waals surface area contributed by atoms with E-state index in [4.69, 9.17) is 4.74 Å². The van der Waals surface area contributed by atoms with Crippen LogP contribution < -0.4 is 16.0 Å². The monoisotopic (exact) mass is 416 g/mol. The molecule has 0 radical (unpaired) electrons. The smallest absolute Gasteiger partial charge is 0.377 e. The zero-order valence-corrected chi connectivity index (χ0v) is 17.4. The van der Waals surface area contributed by atoms with Crippen LogP contribution in [0.4, 0.5) is 19.1 Å². The highest BCUT2D eigenvalue weighted by Crippen LogP contribution is 2.33. The second kappa shape index (κ2) is 10.1. The van der Waals surface area contributed by atoms with Crippen LogP contribution in [-0.2, 0) is 10.9 Å². The van der Waals surface area contributed by atoms with Gasteiger partial charge in [-0.2, -0.15) is 13.2 Å². The summed E-state index contributed by atoms with van der Waals surface area (Å²) in [5, 5.41) is 9.24. The molecular weight excluding hydrogens is 385 g/mol. The quantitative estimate of drug-likeness (QED) is 0.376. The lowest BCUT2D eigenvalue weighted by atomic mass is 9.78. The van der Waals surface area contributed by atoms with Crippen LogP contribution in [0, 0.1) is 11.3 Å². The van der Waals surface area contributed by atoms with Gasteiger partial charge in [-0.1, -0.05) is 20.8 Å². The first-order valence-electron chi connectivity index (χ1n) is 9.81. The Morgan fingerprint density at radius 2 is 2.00 bits per heavy atom. The van der Waals surface area contributed by atoms with Gasteiger partial charge in [-0.25, -0.2) is 9.97 Å². The molecular formula is C19H31F3N6O. The van der Waals surface area contributed by atoms with Crippen molar-refractivity contribution < 1.29 is 17.9 Å². The Kier molecular flexibility index (Phi) is 8.06. The number of rotatable bonds is 6. The molecule has 2 unspecified atom stereocenters. The number of halogens is 3. The maximum Gasteiger partial charge on any atom is 0.433 e. The zero-order valence-electron chi connectivity index (χ0n) is 17.4. The Balaban J connectivity index is 1.77. The Bertz CT molecular complexity index is 675. The van der Waals surface area contributed by atoms with E-state index in [0.717, 1.165) is 38.3 Å². The maximum atomic E-state index is 12.7. The van der Waals surface area contributed by atoms with Crippen molar-refractivity contribution in [2.75, 3.05) is 38.6 Å². The highest BCUT2D eigenvalue weighted by molar-refractivity contribution is 5.79. The van der Waals surface area contributed by atoms with Crippen LogP contribution in [-0.4, -0.2) is 55.3 Å². The molecule has 0 bridgehead atoms. The normalized spacial score (nSPS) is 21.0. The van der Waals surface area contributed by atoms with Crippen LogP contribution in [0.3, 0.4) is 0 Å². The second-order valence-electron chi connectivity index (χ2n) is 8.13. The minimum absolute atomic E-state index is 0.0584. The third kappa shape index (κ3) is 7.34. The third-order valence-corrected chi connectivity index (χ3v) is 4.70. The average molecular weight is 416 g/mol. The van der Waals surface area contributed by atoms with E-state index in [-0.39, 0.29) is 17.5 Å². The number of hydrogen-bond donors (Lipinski definition) is 3. The number of ether oxygens (including phenoxy) is 1. The van der Waals surface area contributed by atoms with E-state index in [1.807, 2.05) is 0 Å². The fraction of sp³-hybridized carbons (Fsp3) is 0.737. The van der Waals surface area contributed by atoms with E-state index < -0.39 is 11.9 Å². The summed E-state index contributed by atoms with van der Waals surface area (Å²) >= 11 is 0. The SMILES string of the molecule is CN=C(NCCNc1nccc(C(F)(F)F)n1)NCC1CCCOC1C(C)(C)C. The molecule has 2 rings (SSSR count). The topological polar surface area (TPSA) is 83.5 Å². The number of guanidine groups is 1. The fourth-order valence-electron chi connectivity index (χ4n) is 3.41. The van der Waals surface area contributed by atoms with Gasteiger partial charge >= 0.3 is 6.18 Å². The number of nitrogens with one attached hydrogen (secondary N) is 3. The summed E-state index contributed by atoms with van der Waals surface area (Å²) in [7, 11) is 1.68. The molecule has 1 aromatic rings. The van der Waals surface area contributed by atoms with Gasteiger partial charge in [-0.3, -0.25) is 4.99 Å². The molecule has 29 heavy (non-hydrogen) atoms. The van der Waals surface area contributed by atoms with E-state index in [1.54, 1.807) is 7.05 Å². The van der Waals surface area contributed by atoms with Gasteiger partial charge in [0.05, 0.1) is 6.10 Å². The molecule has 1 aliphatic rings. The van der Waals surface area contributed by atoms with Crippen LogP contribution >= 0.6 is 0 Å². The Morgan fingerprint density at radius 1 is 1.24 bits per heavy atom. The minimum Gasteiger partial charge on any atom is -0.377 e. The molecule has 7 nitrogen and oxygen atoms in total. The number of aliphatic imine (C=N–C) groups is 1. The van der Waals surface area contributed by atoms with Crippen LogP contribution in [0.15, 0.2) is 17.3 Å². The highest BCUT2D eigenvalue weighted by Gasteiger charge is 2.35. The summed E-state index contributed by atoms with van der Waals surface area (Å²) in [5.41, 5.74) is -0.901. The largest absolute Gasteiger partial charge is 0.433 e. The van der Waals surface area contributed by atoms with Gasteiger partial charge in [-0.05, 0) is 24.3 Å². The minimum atomic E-state index is -4.49. The predicted octanol–water partition coefficient (Wildman–Crippen LogP) is 2.91. The molecule has 1 fully saturated rings. The standard InChI is InChI=1S/C19H31F3N6O/c1-18(2,3)15-13(6-5-11-29-15)12-27-16(23-4)25-9-10-26-17-24-8-7-14(28-17)19(20,21)22/h7-8,13,15H,5-6,9-12H2,1-4H3,(H2,23,25,27)(H,24,26,28). The summed E-state index contributed by atoms with van der Waals surface area (Å²) in [6.07, 6.45) is -1.07. The fourth-order valence-corrected chi connectivity index (χ4v) is 3.41. The van der Waals surface area contributed by atoms with Crippen molar-refractivity contribution in [3.63, 3.8) is 0 Å². The van der Waals surface area contributed by atoms with Crippen molar-refractivity contribution in [2.45, 2.75) is 45.9 Å². The van der Waals surface area contributed by atoms with Crippen molar-refractivity contribution in [1.82, 2.24) is 20.6 Å². The predicted molar refractivity (Wildman–Crippen MR) is 107 cm³/mol. The number of hydrogen-bond acceptors (Lipinski definition) is 5. The van der Waals surface area contributed by atoms with Gasteiger partial charge < -0.3 is 20.7 Å². The lowest BCUT2D eigenvalue weighted by Gasteiger charge is -2.40. The van der Waals surface area contributed by atoms with Crippen molar-refractivity contribution in [3.05, 3.63) is 18.0 Å². The summed E-state index contributed by atoms with van der Waals surface area (Å²) in [6, 6.07) is 0.842. The maximum absolute atomic E-state index is 12.7. The second-order valence-corrected chi connectivity index (χ2v) is 8.13. The number of alkyl halides is 3. The van der Waals surface area contributed by atoms with Crippen LogP contribution in [0.2, 0.25) is 0 Å². The van der Waals surface area contributed by atoms with Crippen LogP contribution in [0.1, 0.15) is 39.3 Å². The average Bonchev–Trinajstić information content (AvgIpc) is 2.66. The van der Waals surface area contributed by atoms with E-state index in [1.165, 1.54) is 0 Å². The molecule has 0 amide bonds. The summed E-state index contributed by atoms with van der Waals surface area (Å²) in [6.45, 7) is 8.89. The summed E-state index contributed by atoms with van der Waals surface area (Å²) < 4.78 is 44.0. The number of anilines is 1. The van der Waals surface area contributed by atoms with Crippen molar-refractivity contribution in [3.8, 4) is 0 Å². The van der Waals surface area contributed by atoms with Crippen molar-refractivity contribution in [1.29, 1.82) is 0 Å². The van der Waals surface area contributed by atoms with Crippen LogP contribution in [0.5, 0.6) is 0 Å². The molecule has 2 atom stereocenters. The van der Waals surface area contributed by atoms with Crippen molar-refractivity contribution >= 4 is 11.9 Å². The molecule has 0 saturated carbocycles. The first-order chi connectivity index (χ1) is 13.6. The molecule has 0 spiro atoms. The van der Waals surface area contributed by atoms with E-state index in [0.29, 0.717) is 25.0 Å². The van der Waals surface area contributed by atoms with Crippen molar-refractivity contribution in [2.24, 2.45) is 16.3 Å². The highest BCUT2D eigenvalue weighted by atomic mass is 19.4. The molecule has 0 aliphatic carbocycles. The molecule has 1 aliphatic heterocycles. The van der Waals surface area contributed by atoms with Gasteiger partial charge in [0.1, 0.15) is 5.69 Å². The lowest BCUT2D eigenvalue weighted by Crippen LogP contribution is -2.48. The molecule has 1 saturated heterocycles. The Hall–Kier alpha value is -2.10. The zero-order chi connectivity index (χ0) is 21.5. The Morgan fingerprint density at radius 3 is 2.66 bits per heavy atom. The molecule has 10 heteroatoms. The van der Waals surface area contributed by atoms with Gasteiger partial charge in [0.2, 0.25) is 5.95 Å². The molecule has 3 N–H and O–H groups in total. The molecule has 1 aromatic heterocycles. The molecule has 164 valence electrons. The summed E-state index contributed by atoms with van der Waals surface area (Å²) in [4.78, 5) is 11.5. The van der Waals surface area contributed by atoms with E-state index in [9.17, 15) is 13.2 Å². The van der Waals surface area contributed by atoms with Gasteiger partial charge in [0.15, 0.2) is 5.96 Å². The third-order valence-electron chi connectivity index (χ3n) is 4.70. The molecule has 2 heterocycles. The Labute approximate surface area is 169 Å². The first-order valence-corrected chi connectivity index (χ1v) is 9.81. The van der Waals surface area contributed by atoms with E-state index >= 15 is 0 Å². The lowest BCUT2D eigenvalue weighted by molar-refractivity contribution is -0.141. The number of nitrogens with zero attached hydrogens (tertiary/aromatic N) is 3.